The number of carboxylic acid groups (broad SMARTS) is 1. The van der Waals surface area contributed by atoms with Gasteiger partial charge in [-0.3, -0.25) is 9.59 Å². The van der Waals surface area contributed by atoms with Crippen molar-refractivity contribution in [2.75, 3.05) is 0 Å². The smallest absolute Gasteiger partial charge is 0.306 e. The first kappa shape index (κ1) is 32.7. The standard InChI is InChI=1S/C30H56O4/c1-3-5-6-7-8-9-10-11-15-18-21-24-27-30(33)34-28(4-2)25-22-19-16-13-12-14-17-20-23-26-29(31)32/h7-8,28H,3-6,9-27H2,1-2H3,(H,31,32)/b8-7-. The number of carbonyl (C=O) groups is 2. The van der Waals surface area contributed by atoms with E-state index >= 15 is 0 Å². The predicted octanol–water partition coefficient (Wildman–Crippen LogP) is 9.55. The average Bonchev–Trinajstić information content (AvgIpc) is 2.82. The summed E-state index contributed by atoms with van der Waals surface area (Å²) in [5.74, 6) is -0.689. The first-order valence-electron chi connectivity index (χ1n) is 14.7. The summed E-state index contributed by atoms with van der Waals surface area (Å²) < 4.78 is 5.71. The number of rotatable bonds is 26. The zero-order valence-corrected chi connectivity index (χ0v) is 22.7. The Morgan fingerprint density at radius 2 is 1.12 bits per heavy atom. The van der Waals surface area contributed by atoms with Crippen LogP contribution in [0.25, 0.3) is 0 Å². The molecule has 1 unspecified atom stereocenters. The molecule has 0 aromatic carbocycles. The molecule has 0 saturated carbocycles. The Balaban J connectivity index is 3.48. The third kappa shape index (κ3) is 25.3. The third-order valence-corrected chi connectivity index (χ3v) is 6.56. The van der Waals surface area contributed by atoms with Crippen molar-refractivity contribution in [2.45, 2.75) is 168 Å². The van der Waals surface area contributed by atoms with Gasteiger partial charge in [0.1, 0.15) is 6.10 Å². The number of esters is 1. The highest BCUT2D eigenvalue weighted by Crippen LogP contribution is 2.16. The van der Waals surface area contributed by atoms with Crippen molar-refractivity contribution in [3.63, 3.8) is 0 Å². The molecule has 0 spiro atoms. The highest BCUT2D eigenvalue weighted by Gasteiger charge is 2.12. The molecule has 0 radical (unpaired) electrons. The molecule has 4 heteroatoms. The van der Waals surface area contributed by atoms with E-state index in [-0.39, 0.29) is 12.1 Å². The van der Waals surface area contributed by atoms with Crippen LogP contribution in [0.15, 0.2) is 12.2 Å². The second-order valence-corrected chi connectivity index (χ2v) is 9.91. The zero-order chi connectivity index (χ0) is 25.1. The molecule has 0 bridgehead atoms. The number of hydrogen-bond acceptors (Lipinski definition) is 3. The molecule has 0 aromatic rings. The summed E-state index contributed by atoms with van der Waals surface area (Å²) in [6, 6.07) is 0. The van der Waals surface area contributed by atoms with Crippen molar-refractivity contribution < 1.29 is 19.4 Å². The summed E-state index contributed by atoms with van der Waals surface area (Å²) in [6.07, 6.45) is 30.1. The van der Waals surface area contributed by atoms with E-state index in [1.54, 1.807) is 0 Å². The molecule has 0 saturated heterocycles. The lowest BCUT2D eigenvalue weighted by molar-refractivity contribution is -0.149. The van der Waals surface area contributed by atoms with E-state index < -0.39 is 5.97 Å². The normalized spacial score (nSPS) is 12.3. The summed E-state index contributed by atoms with van der Waals surface area (Å²) in [5, 5.41) is 8.62. The molecule has 0 rings (SSSR count). The number of unbranched alkanes of at least 4 members (excludes halogenated alkanes) is 16. The largest absolute Gasteiger partial charge is 0.481 e. The first-order valence-corrected chi connectivity index (χ1v) is 14.7. The number of carbonyl (C=O) groups excluding carboxylic acids is 1. The van der Waals surface area contributed by atoms with E-state index in [4.69, 9.17) is 9.84 Å². The maximum absolute atomic E-state index is 12.2. The van der Waals surface area contributed by atoms with Crippen molar-refractivity contribution in [3.05, 3.63) is 12.2 Å². The highest BCUT2D eigenvalue weighted by molar-refractivity contribution is 5.69. The van der Waals surface area contributed by atoms with Crippen LogP contribution in [-0.4, -0.2) is 23.1 Å². The van der Waals surface area contributed by atoms with Gasteiger partial charge in [0.25, 0.3) is 0 Å². The SMILES string of the molecule is CCCC/C=C\CCCCCCCCC(=O)OC(CC)CCCCCCCCCCCC(=O)O. The second-order valence-electron chi connectivity index (χ2n) is 9.91. The number of ether oxygens (including phenoxy) is 1. The molecule has 34 heavy (non-hydrogen) atoms. The van der Waals surface area contributed by atoms with Crippen LogP contribution in [0.2, 0.25) is 0 Å². The van der Waals surface area contributed by atoms with E-state index in [1.807, 2.05) is 0 Å². The minimum Gasteiger partial charge on any atom is -0.481 e. The molecule has 0 aliphatic heterocycles. The van der Waals surface area contributed by atoms with Crippen molar-refractivity contribution in [3.8, 4) is 0 Å². The minimum atomic E-state index is -0.682. The van der Waals surface area contributed by atoms with Crippen molar-refractivity contribution in [2.24, 2.45) is 0 Å². The summed E-state index contributed by atoms with van der Waals surface area (Å²) in [4.78, 5) is 22.6. The summed E-state index contributed by atoms with van der Waals surface area (Å²) in [7, 11) is 0. The first-order chi connectivity index (χ1) is 16.6. The van der Waals surface area contributed by atoms with Gasteiger partial charge in [-0.25, -0.2) is 0 Å². The van der Waals surface area contributed by atoms with E-state index in [0.717, 1.165) is 51.4 Å². The lowest BCUT2D eigenvalue weighted by atomic mass is 10.0. The Labute approximate surface area is 211 Å². The summed E-state index contributed by atoms with van der Waals surface area (Å²) in [5.41, 5.74) is 0. The number of allylic oxidation sites excluding steroid dienone is 2. The van der Waals surface area contributed by atoms with Crippen LogP contribution in [0.5, 0.6) is 0 Å². The lowest BCUT2D eigenvalue weighted by Gasteiger charge is -2.16. The van der Waals surface area contributed by atoms with Gasteiger partial charge in [0.05, 0.1) is 0 Å². The Morgan fingerprint density at radius 1 is 0.647 bits per heavy atom. The number of carboxylic acids is 1. The van der Waals surface area contributed by atoms with Gasteiger partial charge in [-0.15, -0.1) is 0 Å². The summed E-state index contributed by atoms with van der Waals surface area (Å²) >= 11 is 0. The van der Waals surface area contributed by atoms with Gasteiger partial charge in [0, 0.05) is 12.8 Å². The molecule has 0 amide bonds. The van der Waals surface area contributed by atoms with Crippen molar-refractivity contribution in [1.82, 2.24) is 0 Å². The fourth-order valence-electron chi connectivity index (χ4n) is 4.27. The van der Waals surface area contributed by atoms with Gasteiger partial charge in [-0.1, -0.05) is 109 Å². The summed E-state index contributed by atoms with van der Waals surface area (Å²) in [6.45, 7) is 4.35. The third-order valence-electron chi connectivity index (χ3n) is 6.56. The van der Waals surface area contributed by atoms with Gasteiger partial charge >= 0.3 is 11.9 Å². The topological polar surface area (TPSA) is 63.6 Å². The predicted molar refractivity (Wildman–Crippen MR) is 144 cm³/mol. The molecular weight excluding hydrogens is 424 g/mol. The molecule has 1 atom stereocenters. The zero-order valence-electron chi connectivity index (χ0n) is 22.7. The lowest BCUT2D eigenvalue weighted by Crippen LogP contribution is -2.17. The minimum absolute atomic E-state index is 0.00744. The number of aliphatic carboxylic acids is 1. The Kier molecular flexibility index (Phi) is 25.3. The molecule has 0 fully saturated rings. The molecule has 1 N–H and O–H groups in total. The van der Waals surface area contributed by atoms with E-state index in [9.17, 15) is 9.59 Å². The van der Waals surface area contributed by atoms with E-state index in [2.05, 4.69) is 26.0 Å². The molecule has 200 valence electrons. The monoisotopic (exact) mass is 480 g/mol. The van der Waals surface area contributed by atoms with Gasteiger partial charge in [0.15, 0.2) is 0 Å². The van der Waals surface area contributed by atoms with Crippen LogP contribution in [-0.2, 0) is 14.3 Å². The molecule has 0 aliphatic carbocycles. The molecule has 0 heterocycles. The maximum atomic E-state index is 12.2. The van der Waals surface area contributed by atoms with Gasteiger partial charge < -0.3 is 9.84 Å². The van der Waals surface area contributed by atoms with Crippen LogP contribution in [0.3, 0.4) is 0 Å². The maximum Gasteiger partial charge on any atom is 0.306 e. The Morgan fingerprint density at radius 3 is 1.65 bits per heavy atom. The number of hydrogen-bond donors (Lipinski definition) is 1. The molecule has 0 aromatic heterocycles. The Bertz CT molecular complexity index is 486. The van der Waals surface area contributed by atoms with Crippen LogP contribution >= 0.6 is 0 Å². The fraction of sp³-hybridized carbons (Fsp3) is 0.867. The molecular formula is C30H56O4. The quantitative estimate of drug-likeness (QED) is 0.0760. The van der Waals surface area contributed by atoms with Crippen molar-refractivity contribution >= 4 is 11.9 Å². The molecule has 4 nitrogen and oxygen atoms in total. The average molecular weight is 481 g/mol. The second kappa shape index (κ2) is 26.3. The van der Waals surface area contributed by atoms with Crippen LogP contribution in [0.1, 0.15) is 162 Å². The van der Waals surface area contributed by atoms with Crippen LogP contribution < -0.4 is 0 Å². The molecule has 0 aliphatic rings. The fourth-order valence-corrected chi connectivity index (χ4v) is 4.27. The van der Waals surface area contributed by atoms with E-state index in [0.29, 0.717) is 12.8 Å². The van der Waals surface area contributed by atoms with Gasteiger partial charge in [-0.2, -0.15) is 0 Å². The van der Waals surface area contributed by atoms with E-state index in [1.165, 1.54) is 83.5 Å². The Hall–Kier alpha value is -1.32. The van der Waals surface area contributed by atoms with Crippen LogP contribution in [0.4, 0.5) is 0 Å². The van der Waals surface area contributed by atoms with Gasteiger partial charge in [0.2, 0.25) is 0 Å². The van der Waals surface area contributed by atoms with Crippen LogP contribution in [0, 0.1) is 0 Å². The van der Waals surface area contributed by atoms with Crippen molar-refractivity contribution in [1.29, 1.82) is 0 Å². The van der Waals surface area contributed by atoms with Gasteiger partial charge in [-0.05, 0) is 51.4 Å². The highest BCUT2D eigenvalue weighted by atomic mass is 16.5.